The summed E-state index contributed by atoms with van der Waals surface area (Å²) in [5.41, 5.74) is 3.90. The normalized spacial score (nSPS) is 12.0. The average Bonchev–Trinajstić information content (AvgIpc) is 2.44. The maximum atomic E-state index is 4.31. The van der Waals surface area contributed by atoms with Crippen molar-refractivity contribution in [1.29, 1.82) is 0 Å². The average molecular weight is 412 g/mol. The molecule has 5 heteroatoms. The molecule has 0 spiro atoms. The topological polar surface area (TPSA) is 56.2 Å². The zero-order valence-electron chi connectivity index (χ0n) is 11.8. The second-order valence-electron chi connectivity index (χ2n) is 4.39. The van der Waals surface area contributed by atoms with Gasteiger partial charge in [0.15, 0.2) is 0 Å². The molecule has 0 heterocycles. The second kappa shape index (κ2) is 8.22. The van der Waals surface area contributed by atoms with Crippen molar-refractivity contribution in [3.63, 3.8) is 0 Å². The van der Waals surface area contributed by atoms with Crippen molar-refractivity contribution in [2.75, 3.05) is 0 Å². The summed E-state index contributed by atoms with van der Waals surface area (Å²) in [5.74, 6) is 0. The van der Waals surface area contributed by atoms with E-state index in [4.69, 9.17) is 0 Å². The minimum absolute atomic E-state index is 0. The summed E-state index contributed by atoms with van der Waals surface area (Å²) in [6, 6.07) is 16.1. The maximum Gasteiger partial charge on any atom is 0.0672 e. The molecule has 2 aromatic rings. The lowest BCUT2D eigenvalue weighted by atomic mass is 10.1. The molecular formula is C16H16Br2N2O. The highest BCUT2D eigenvalue weighted by molar-refractivity contribution is 9.10. The van der Waals surface area contributed by atoms with Crippen LogP contribution < -0.4 is 0 Å². The summed E-state index contributed by atoms with van der Waals surface area (Å²) < 4.78 is 2.08. The van der Waals surface area contributed by atoms with Gasteiger partial charge in [-0.1, -0.05) is 56.1 Å². The summed E-state index contributed by atoms with van der Waals surface area (Å²) in [6.07, 6.45) is 0. The molecule has 0 aliphatic heterocycles. The quantitative estimate of drug-likeness (QED) is 0.522. The third-order valence-corrected chi connectivity index (χ3v) is 3.82. The summed E-state index contributed by atoms with van der Waals surface area (Å²) >= 11 is 6.92. The summed E-state index contributed by atoms with van der Waals surface area (Å²) in [6.45, 7) is 3.92. The smallest absolute Gasteiger partial charge is 0.0672 e. The Kier molecular flexibility index (Phi) is 6.95. The van der Waals surface area contributed by atoms with Gasteiger partial charge in [-0.15, -0.1) is 0 Å². The van der Waals surface area contributed by atoms with Gasteiger partial charge in [0.25, 0.3) is 0 Å². The molecule has 0 aliphatic carbocycles. The van der Waals surface area contributed by atoms with Gasteiger partial charge < -0.3 is 5.48 Å². The molecule has 3 nitrogen and oxygen atoms in total. The molecule has 0 bridgehead atoms. The molecule has 2 aromatic carbocycles. The Labute approximate surface area is 141 Å². The van der Waals surface area contributed by atoms with E-state index in [-0.39, 0.29) is 5.48 Å². The Morgan fingerprint density at radius 2 is 1.14 bits per heavy atom. The lowest BCUT2D eigenvalue weighted by Gasteiger charge is -2.01. The molecule has 0 saturated carbocycles. The van der Waals surface area contributed by atoms with Crippen molar-refractivity contribution in [1.82, 2.24) is 0 Å². The fourth-order valence-electron chi connectivity index (χ4n) is 1.69. The lowest BCUT2D eigenvalue weighted by molar-refractivity contribution is 0.824. The van der Waals surface area contributed by atoms with Crippen molar-refractivity contribution in [3.05, 3.63) is 68.6 Å². The van der Waals surface area contributed by atoms with Gasteiger partial charge in [0.05, 0.1) is 11.4 Å². The minimum Gasteiger partial charge on any atom is -0.412 e. The fraction of sp³-hybridized carbons (Fsp3) is 0.125. The highest BCUT2D eigenvalue weighted by Gasteiger charge is 2.00. The van der Waals surface area contributed by atoms with Crippen molar-refractivity contribution in [2.24, 2.45) is 10.2 Å². The maximum absolute atomic E-state index is 4.31. The van der Waals surface area contributed by atoms with Gasteiger partial charge in [0, 0.05) is 8.95 Å². The largest absolute Gasteiger partial charge is 0.412 e. The van der Waals surface area contributed by atoms with Crippen LogP contribution in [0.25, 0.3) is 0 Å². The van der Waals surface area contributed by atoms with Crippen LogP contribution in [0.5, 0.6) is 0 Å². The molecule has 0 aromatic heterocycles. The van der Waals surface area contributed by atoms with E-state index < -0.39 is 0 Å². The fourth-order valence-corrected chi connectivity index (χ4v) is 2.49. The molecule has 0 amide bonds. The van der Waals surface area contributed by atoms with Gasteiger partial charge in [-0.05, 0) is 49.2 Å². The molecular weight excluding hydrogens is 396 g/mol. The van der Waals surface area contributed by atoms with E-state index in [0.29, 0.717) is 0 Å². The van der Waals surface area contributed by atoms with E-state index >= 15 is 0 Å². The molecule has 21 heavy (non-hydrogen) atoms. The molecule has 0 aliphatic rings. The molecule has 2 rings (SSSR count). The molecule has 0 atom stereocenters. The van der Waals surface area contributed by atoms with Crippen LogP contribution in [-0.4, -0.2) is 16.9 Å². The predicted octanol–water partition coefficient (Wildman–Crippen LogP) is 4.62. The summed E-state index contributed by atoms with van der Waals surface area (Å²) in [5, 5.41) is 8.62. The van der Waals surface area contributed by atoms with Crippen LogP contribution in [0.2, 0.25) is 0 Å². The monoisotopic (exact) mass is 410 g/mol. The highest BCUT2D eigenvalue weighted by Crippen LogP contribution is 2.14. The van der Waals surface area contributed by atoms with Crippen LogP contribution in [0.4, 0.5) is 0 Å². The van der Waals surface area contributed by atoms with Gasteiger partial charge in [0.1, 0.15) is 0 Å². The molecule has 2 N–H and O–H groups in total. The van der Waals surface area contributed by atoms with Crippen LogP contribution in [-0.2, 0) is 0 Å². The van der Waals surface area contributed by atoms with E-state index in [2.05, 4.69) is 42.1 Å². The van der Waals surface area contributed by atoms with E-state index in [0.717, 1.165) is 31.5 Å². The standard InChI is InChI=1S/C16H14Br2N2.H2O/c1-11(13-5-3-7-15(17)9-13)19-20-12(2)14-6-4-8-16(18)10-14;/h3-10H,1-2H3;1H2/b19-11+,20-12+;. The van der Waals surface area contributed by atoms with Gasteiger partial charge in [-0.25, -0.2) is 0 Å². The van der Waals surface area contributed by atoms with Crippen LogP contribution in [0.15, 0.2) is 67.7 Å². The van der Waals surface area contributed by atoms with E-state index in [9.17, 15) is 0 Å². The number of nitrogens with zero attached hydrogens (tertiary/aromatic N) is 2. The Morgan fingerprint density at radius 3 is 1.48 bits per heavy atom. The number of hydrogen-bond donors (Lipinski definition) is 0. The third kappa shape index (κ3) is 5.19. The summed E-state index contributed by atoms with van der Waals surface area (Å²) in [4.78, 5) is 0. The number of hydrogen-bond acceptors (Lipinski definition) is 2. The van der Waals surface area contributed by atoms with E-state index in [1.54, 1.807) is 0 Å². The molecule has 0 unspecified atom stereocenters. The van der Waals surface area contributed by atoms with Crippen molar-refractivity contribution >= 4 is 43.3 Å². The number of benzene rings is 2. The van der Waals surface area contributed by atoms with Gasteiger partial charge in [-0.2, -0.15) is 10.2 Å². The Morgan fingerprint density at radius 1 is 0.762 bits per heavy atom. The highest BCUT2D eigenvalue weighted by atomic mass is 79.9. The first-order valence-electron chi connectivity index (χ1n) is 6.17. The Bertz CT molecular complexity index is 622. The van der Waals surface area contributed by atoms with Crippen LogP contribution in [0, 0.1) is 0 Å². The summed E-state index contributed by atoms with van der Waals surface area (Å²) in [7, 11) is 0. The molecule has 110 valence electrons. The predicted molar refractivity (Wildman–Crippen MR) is 96.3 cm³/mol. The van der Waals surface area contributed by atoms with E-state index in [1.807, 2.05) is 62.4 Å². The Hall–Kier alpha value is -1.30. The van der Waals surface area contributed by atoms with Crippen LogP contribution >= 0.6 is 31.9 Å². The second-order valence-corrected chi connectivity index (χ2v) is 6.22. The molecule has 0 radical (unpaired) electrons. The van der Waals surface area contributed by atoms with Crippen LogP contribution in [0.1, 0.15) is 25.0 Å². The lowest BCUT2D eigenvalue weighted by Crippen LogP contribution is -1.97. The first kappa shape index (κ1) is 17.8. The number of rotatable bonds is 3. The van der Waals surface area contributed by atoms with Crippen molar-refractivity contribution in [3.8, 4) is 0 Å². The first-order chi connectivity index (χ1) is 9.56. The van der Waals surface area contributed by atoms with E-state index in [1.165, 1.54) is 0 Å². The SMILES string of the molecule is C/C(=N\N=C(/C)c1cccc(Br)c1)c1cccc(Br)c1.O. The van der Waals surface area contributed by atoms with Gasteiger partial charge >= 0.3 is 0 Å². The van der Waals surface area contributed by atoms with Gasteiger partial charge in [0.2, 0.25) is 0 Å². The third-order valence-electron chi connectivity index (χ3n) is 2.83. The van der Waals surface area contributed by atoms with Crippen molar-refractivity contribution < 1.29 is 5.48 Å². The first-order valence-corrected chi connectivity index (χ1v) is 7.75. The van der Waals surface area contributed by atoms with Gasteiger partial charge in [-0.3, -0.25) is 0 Å². The zero-order chi connectivity index (χ0) is 14.5. The molecule has 0 saturated heterocycles. The van der Waals surface area contributed by atoms with Crippen molar-refractivity contribution in [2.45, 2.75) is 13.8 Å². The molecule has 0 fully saturated rings. The van der Waals surface area contributed by atoms with Crippen LogP contribution in [0.3, 0.4) is 0 Å². The Balaban J connectivity index is 0.00000220. The zero-order valence-corrected chi connectivity index (χ0v) is 14.9. The number of halogens is 2. The minimum atomic E-state index is 0.